The number of hydrogen-bond acceptors (Lipinski definition) is 4. The molecule has 1 amide bonds. The average Bonchev–Trinajstić information content (AvgIpc) is 2.60. The smallest absolute Gasteiger partial charge is 0.352 e. The van der Waals surface area contributed by atoms with Crippen molar-refractivity contribution >= 4 is 5.91 Å². The lowest BCUT2D eigenvalue weighted by Crippen LogP contribution is -2.61. The van der Waals surface area contributed by atoms with Crippen molar-refractivity contribution < 1.29 is 18.7 Å². The van der Waals surface area contributed by atoms with Crippen molar-refractivity contribution in [3.8, 4) is 0 Å². The molecule has 132 valence electrons. The summed E-state index contributed by atoms with van der Waals surface area (Å²) in [6.45, 7) is -0.0113. The largest absolute Gasteiger partial charge is 0.383 e. The van der Waals surface area contributed by atoms with Gasteiger partial charge in [0.15, 0.2) is 0 Å². The molecule has 0 saturated heterocycles. The van der Waals surface area contributed by atoms with Crippen molar-refractivity contribution in [1.82, 2.24) is 14.9 Å². The topological polar surface area (TPSA) is 66.3 Å². The first kappa shape index (κ1) is 17.4. The van der Waals surface area contributed by atoms with Crippen molar-refractivity contribution in [2.75, 3.05) is 0 Å². The van der Waals surface area contributed by atoms with Crippen molar-refractivity contribution in [2.45, 2.75) is 43.9 Å². The van der Waals surface area contributed by atoms with Crippen molar-refractivity contribution in [3.05, 3.63) is 60.2 Å². The zero-order valence-electron chi connectivity index (χ0n) is 13.6. The molecule has 2 aromatic heterocycles. The van der Waals surface area contributed by atoms with E-state index in [0.29, 0.717) is 17.5 Å². The highest BCUT2D eigenvalue weighted by molar-refractivity contribution is 5.85. The van der Waals surface area contributed by atoms with Crippen molar-refractivity contribution in [1.29, 1.82) is 0 Å². The van der Waals surface area contributed by atoms with Crippen LogP contribution in [0.4, 0.5) is 8.78 Å². The van der Waals surface area contributed by atoms with E-state index in [0.717, 1.165) is 4.90 Å². The molecule has 0 unspecified atom stereocenters. The molecule has 2 heterocycles. The Balaban J connectivity index is 1.85. The summed E-state index contributed by atoms with van der Waals surface area (Å²) in [4.78, 5) is 21.5. The van der Waals surface area contributed by atoms with Crippen LogP contribution in [0.2, 0.25) is 0 Å². The third-order valence-electron chi connectivity index (χ3n) is 4.54. The molecule has 0 aliphatic heterocycles. The third kappa shape index (κ3) is 3.51. The van der Waals surface area contributed by atoms with Crippen LogP contribution >= 0.6 is 0 Å². The zero-order chi connectivity index (χ0) is 17.9. The Kier molecular flexibility index (Phi) is 4.76. The second-order valence-corrected chi connectivity index (χ2v) is 6.34. The SMILES string of the molecule is O=C(N(Cc1ccncc1)Cc1cccnc1)C(F)(F)C1(O)CCC1. The lowest BCUT2D eigenvalue weighted by atomic mass is 9.75. The maximum Gasteiger partial charge on any atom is 0.352 e. The van der Waals surface area contributed by atoms with E-state index in [2.05, 4.69) is 9.97 Å². The van der Waals surface area contributed by atoms with Gasteiger partial charge < -0.3 is 10.0 Å². The van der Waals surface area contributed by atoms with E-state index in [-0.39, 0.29) is 25.9 Å². The van der Waals surface area contributed by atoms with Gasteiger partial charge in [-0.1, -0.05) is 6.07 Å². The average molecular weight is 347 g/mol. The van der Waals surface area contributed by atoms with E-state index in [9.17, 15) is 18.7 Å². The molecule has 0 bridgehead atoms. The first-order valence-electron chi connectivity index (χ1n) is 8.10. The maximum absolute atomic E-state index is 14.6. The molecule has 1 aliphatic rings. The lowest BCUT2D eigenvalue weighted by Gasteiger charge is -2.43. The monoisotopic (exact) mass is 347 g/mol. The summed E-state index contributed by atoms with van der Waals surface area (Å²) in [7, 11) is 0. The number of carbonyl (C=O) groups is 1. The molecule has 2 aromatic rings. The number of aliphatic hydroxyl groups is 1. The standard InChI is InChI=1S/C18H19F2N3O2/c19-18(20,17(25)6-2-7-17)16(24)23(12-14-4-9-21-10-5-14)13-15-3-1-8-22-11-15/h1,3-5,8-11,25H,2,6-7,12-13H2. The van der Waals surface area contributed by atoms with Crippen LogP contribution in [0.5, 0.6) is 0 Å². The Labute approximate surface area is 144 Å². The van der Waals surface area contributed by atoms with Gasteiger partial charge in [-0.2, -0.15) is 8.78 Å². The fourth-order valence-electron chi connectivity index (χ4n) is 2.84. The molecule has 1 saturated carbocycles. The second-order valence-electron chi connectivity index (χ2n) is 6.34. The van der Waals surface area contributed by atoms with E-state index >= 15 is 0 Å². The van der Waals surface area contributed by atoms with Crippen LogP contribution in [0.15, 0.2) is 49.1 Å². The normalized spacial score (nSPS) is 16.1. The first-order valence-corrected chi connectivity index (χ1v) is 8.10. The number of carbonyl (C=O) groups excluding carboxylic acids is 1. The van der Waals surface area contributed by atoms with Gasteiger partial charge in [-0.25, -0.2) is 0 Å². The number of amides is 1. The van der Waals surface area contributed by atoms with Crippen LogP contribution in [-0.4, -0.2) is 37.4 Å². The highest BCUT2D eigenvalue weighted by Crippen LogP contribution is 2.45. The van der Waals surface area contributed by atoms with E-state index in [1.54, 1.807) is 42.9 Å². The van der Waals surface area contributed by atoms with Crippen molar-refractivity contribution in [3.63, 3.8) is 0 Å². The summed E-state index contributed by atoms with van der Waals surface area (Å²) >= 11 is 0. The number of halogens is 2. The van der Waals surface area contributed by atoms with Crippen LogP contribution in [-0.2, 0) is 17.9 Å². The summed E-state index contributed by atoms with van der Waals surface area (Å²) in [6.07, 6.45) is 6.54. The minimum Gasteiger partial charge on any atom is -0.383 e. The Hall–Kier alpha value is -2.41. The fraction of sp³-hybridized carbons (Fsp3) is 0.389. The number of pyridine rings is 2. The lowest BCUT2D eigenvalue weighted by molar-refractivity contribution is -0.224. The molecule has 7 heteroatoms. The van der Waals surface area contributed by atoms with Crippen LogP contribution in [0.1, 0.15) is 30.4 Å². The van der Waals surface area contributed by atoms with Gasteiger partial charge in [-0.05, 0) is 48.6 Å². The van der Waals surface area contributed by atoms with Gasteiger partial charge in [0.05, 0.1) is 0 Å². The number of nitrogens with zero attached hydrogens (tertiary/aromatic N) is 3. The highest BCUT2D eigenvalue weighted by Gasteiger charge is 2.62. The molecule has 5 nitrogen and oxygen atoms in total. The van der Waals surface area contributed by atoms with Gasteiger partial charge in [-0.3, -0.25) is 14.8 Å². The van der Waals surface area contributed by atoms with Crippen LogP contribution in [0, 0.1) is 0 Å². The van der Waals surface area contributed by atoms with Gasteiger partial charge in [0.25, 0.3) is 5.91 Å². The van der Waals surface area contributed by atoms with Gasteiger partial charge in [-0.15, -0.1) is 0 Å². The van der Waals surface area contributed by atoms with E-state index in [4.69, 9.17) is 0 Å². The number of rotatable bonds is 6. The van der Waals surface area contributed by atoms with E-state index in [1.165, 1.54) is 6.20 Å². The molecule has 1 fully saturated rings. The van der Waals surface area contributed by atoms with Gasteiger partial charge in [0.2, 0.25) is 0 Å². The van der Waals surface area contributed by atoms with E-state index < -0.39 is 17.4 Å². The molecule has 0 atom stereocenters. The second kappa shape index (κ2) is 6.84. The summed E-state index contributed by atoms with van der Waals surface area (Å²) < 4.78 is 29.3. The molecular formula is C18H19F2N3O2. The minimum atomic E-state index is -3.82. The van der Waals surface area contributed by atoms with Gasteiger partial charge in [0.1, 0.15) is 5.60 Å². The van der Waals surface area contributed by atoms with Gasteiger partial charge >= 0.3 is 5.92 Å². The Morgan fingerprint density at radius 3 is 2.36 bits per heavy atom. The molecule has 0 spiro atoms. The molecule has 1 aliphatic carbocycles. The summed E-state index contributed by atoms with van der Waals surface area (Å²) in [5.41, 5.74) is -0.917. The zero-order valence-corrected chi connectivity index (χ0v) is 13.6. The Bertz CT molecular complexity index is 680. The van der Waals surface area contributed by atoms with Crippen LogP contribution in [0.25, 0.3) is 0 Å². The Morgan fingerprint density at radius 1 is 1.12 bits per heavy atom. The molecular weight excluding hydrogens is 328 g/mol. The summed E-state index contributed by atoms with van der Waals surface area (Å²) in [6, 6.07) is 6.73. The third-order valence-corrected chi connectivity index (χ3v) is 4.54. The summed E-state index contributed by atoms with van der Waals surface area (Å²) in [5, 5.41) is 10.1. The summed E-state index contributed by atoms with van der Waals surface area (Å²) in [5.74, 6) is -5.18. The molecule has 0 aromatic carbocycles. The number of hydrogen-bond donors (Lipinski definition) is 1. The predicted octanol–water partition coefficient (Wildman–Crippen LogP) is 2.56. The van der Waals surface area contributed by atoms with Crippen LogP contribution in [0.3, 0.4) is 0 Å². The van der Waals surface area contributed by atoms with Gasteiger partial charge in [0, 0.05) is 37.9 Å². The minimum absolute atomic E-state index is 0.00190. The van der Waals surface area contributed by atoms with E-state index in [1.807, 2.05) is 0 Å². The highest BCUT2D eigenvalue weighted by atomic mass is 19.3. The number of alkyl halides is 2. The Morgan fingerprint density at radius 2 is 1.80 bits per heavy atom. The molecule has 3 rings (SSSR count). The maximum atomic E-state index is 14.6. The first-order chi connectivity index (χ1) is 11.9. The number of aromatic nitrogens is 2. The fourth-order valence-corrected chi connectivity index (χ4v) is 2.84. The molecule has 1 N–H and O–H groups in total. The quantitative estimate of drug-likeness (QED) is 0.872. The van der Waals surface area contributed by atoms with Crippen LogP contribution < -0.4 is 0 Å². The molecule has 0 radical (unpaired) electrons. The predicted molar refractivity (Wildman–Crippen MR) is 86.5 cm³/mol. The van der Waals surface area contributed by atoms with Crippen molar-refractivity contribution in [2.24, 2.45) is 0 Å². The molecule has 25 heavy (non-hydrogen) atoms.